The molecule has 1 heterocycles. The first kappa shape index (κ1) is 20.6. The van der Waals surface area contributed by atoms with Crippen molar-refractivity contribution < 1.29 is 9.21 Å². The quantitative estimate of drug-likeness (QED) is 0.379. The number of guanidine groups is 1. The number of furan rings is 1. The number of aliphatic imine (C=N–C) groups is 1. The van der Waals surface area contributed by atoms with Crippen molar-refractivity contribution in [1.82, 2.24) is 16.0 Å². The first-order chi connectivity index (χ1) is 13.0. The Bertz CT molecular complexity index is 721. The summed E-state index contributed by atoms with van der Waals surface area (Å²) in [5.41, 5.74) is 2.56. The molecule has 0 fully saturated rings. The number of carbonyl (C=O) groups is 1. The molecule has 0 saturated carbocycles. The Kier molecular flexibility index (Phi) is 7.92. The van der Waals surface area contributed by atoms with Crippen molar-refractivity contribution in [2.45, 2.75) is 33.2 Å². The summed E-state index contributed by atoms with van der Waals surface area (Å²) in [6.45, 7) is 7.59. The molecule has 27 heavy (non-hydrogen) atoms. The molecule has 0 bridgehead atoms. The van der Waals surface area contributed by atoms with E-state index in [9.17, 15) is 4.79 Å². The Balaban J connectivity index is 1.76. The second-order valence-electron chi connectivity index (χ2n) is 6.94. The third-order valence-electron chi connectivity index (χ3n) is 4.15. The zero-order valence-corrected chi connectivity index (χ0v) is 16.6. The Morgan fingerprint density at radius 1 is 1.07 bits per heavy atom. The highest BCUT2D eigenvalue weighted by Gasteiger charge is 2.09. The van der Waals surface area contributed by atoms with Gasteiger partial charge in [-0.05, 0) is 42.5 Å². The summed E-state index contributed by atoms with van der Waals surface area (Å²) < 4.78 is 5.06. The number of rotatable bonds is 8. The standard InChI is InChI=1S/C21H30N4O2/c1-15(2)14-17-7-9-18(10-8-17)16(3)25-21(22-4)24-12-11-23-20(26)19-6-5-13-27-19/h5-10,13,15-16H,11-12,14H2,1-4H3,(H,23,26)(H2,22,24,25). The highest BCUT2D eigenvalue weighted by atomic mass is 16.3. The van der Waals surface area contributed by atoms with Crippen molar-refractivity contribution in [1.29, 1.82) is 0 Å². The molecule has 0 aliphatic carbocycles. The van der Waals surface area contributed by atoms with Crippen molar-refractivity contribution in [3.05, 3.63) is 59.5 Å². The molecule has 0 aliphatic heterocycles. The first-order valence-electron chi connectivity index (χ1n) is 9.37. The maximum Gasteiger partial charge on any atom is 0.287 e. The fourth-order valence-corrected chi connectivity index (χ4v) is 2.75. The zero-order chi connectivity index (χ0) is 19.6. The summed E-state index contributed by atoms with van der Waals surface area (Å²) in [4.78, 5) is 16.0. The van der Waals surface area contributed by atoms with Crippen LogP contribution in [0.25, 0.3) is 0 Å². The molecule has 0 spiro atoms. The van der Waals surface area contributed by atoms with Crippen molar-refractivity contribution in [2.75, 3.05) is 20.1 Å². The van der Waals surface area contributed by atoms with E-state index in [1.165, 1.54) is 17.4 Å². The average molecular weight is 370 g/mol. The second-order valence-corrected chi connectivity index (χ2v) is 6.94. The average Bonchev–Trinajstić information content (AvgIpc) is 3.18. The third-order valence-corrected chi connectivity index (χ3v) is 4.15. The lowest BCUT2D eigenvalue weighted by atomic mass is 10.00. The van der Waals surface area contributed by atoms with Crippen LogP contribution < -0.4 is 16.0 Å². The van der Waals surface area contributed by atoms with Crippen LogP contribution in [0.3, 0.4) is 0 Å². The molecule has 6 nitrogen and oxygen atoms in total. The van der Waals surface area contributed by atoms with Gasteiger partial charge < -0.3 is 20.4 Å². The monoisotopic (exact) mass is 370 g/mol. The lowest BCUT2D eigenvalue weighted by Crippen LogP contribution is -2.42. The summed E-state index contributed by atoms with van der Waals surface area (Å²) >= 11 is 0. The molecule has 1 aromatic carbocycles. The van der Waals surface area contributed by atoms with Crippen LogP contribution in [0.15, 0.2) is 52.1 Å². The summed E-state index contributed by atoms with van der Waals surface area (Å²) in [5.74, 6) is 1.44. The highest BCUT2D eigenvalue weighted by Crippen LogP contribution is 2.15. The van der Waals surface area contributed by atoms with Crippen molar-refractivity contribution in [2.24, 2.45) is 10.9 Å². The van der Waals surface area contributed by atoms with E-state index in [0.29, 0.717) is 30.7 Å². The fourth-order valence-electron chi connectivity index (χ4n) is 2.75. The number of amides is 1. The van der Waals surface area contributed by atoms with Gasteiger partial charge in [0, 0.05) is 20.1 Å². The van der Waals surface area contributed by atoms with Crippen LogP contribution in [0, 0.1) is 5.92 Å². The normalized spacial score (nSPS) is 12.7. The molecule has 2 aromatic rings. The molecule has 1 unspecified atom stereocenters. The maximum absolute atomic E-state index is 11.8. The lowest BCUT2D eigenvalue weighted by Gasteiger charge is -2.19. The summed E-state index contributed by atoms with van der Waals surface area (Å²) in [7, 11) is 1.73. The van der Waals surface area contributed by atoms with Gasteiger partial charge in [-0.1, -0.05) is 38.1 Å². The van der Waals surface area contributed by atoms with Gasteiger partial charge in [0.1, 0.15) is 0 Å². The maximum atomic E-state index is 11.8. The van der Waals surface area contributed by atoms with Gasteiger partial charge in [0.05, 0.1) is 12.3 Å². The van der Waals surface area contributed by atoms with Gasteiger partial charge >= 0.3 is 0 Å². The number of hydrogen-bond donors (Lipinski definition) is 3. The van der Waals surface area contributed by atoms with Crippen molar-refractivity contribution >= 4 is 11.9 Å². The molecule has 0 radical (unpaired) electrons. The highest BCUT2D eigenvalue weighted by molar-refractivity contribution is 5.91. The van der Waals surface area contributed by atoms with E-state index in [1.807, 2.05) is 0 Å². The SMILES string of the molecule is CN=C(NCCNC(=O)c1ccco1)NC(C)c1ccc(CC(C)C)cc1. The predicted octanol–water partition coefficient (Wildman–Crippen LogP) is 3.13. The van der Waals surface area contributed by atoms with E-state index in [1.54, 1.807) is 19.2 Å². The van der Waals surface area contributed by atoms with Crippen LogP contribution in [0.4, 0.5) is 0 Å². The summed E-state index contributed by atoms with van der Waals surface area (Å²) in [6.07, 6.45) is 2.57. The minimum atomic E-state index is -0.223. The Hall–Kier alpha value is -2.76. The smallest absolute Gasteiger partial charge is 0.287 e. The number of hydrogen-bond acceptors (Lipinski definition) is 3. The number of benzene rings is 1. The lowest BCUT2D eigenvalue weighted by molar-refractivity contribution is 0.0926. The molecule has 1 aromatic heterocycles. The Morgan fingerprint density at radius 3 is 2.37 bits per heavy atom. The Labute approximate surface area is 161 Å². The van der Waals surface area contributed by atoms with Crippen molar-refractivity contribution in [3.63, 3.8) is 0 Å². The van der Waals surface area contributed by atoms with Crippen molar-refractivity contribution in [3.8, 4) is 0 Å². The van der Waals surface area contributed by atoms with Crippen LogP contribution in [-0.2, 0) is 6.42 Å². The van der Waals surface area contributed by atoms with Crippen LogP contribution in [0.1, 0.15) is 48.5 Å². The Morgan fingerprint density at radius 2 is 1.78 bits per heavy atom. The molecule has 1 amide bonds. The van der Waals surface area contributed by atoms with E-state index in [0.717, 1.165) is 6.42 Å². The van der Waals surface area contributed by atoms with E-state index in [2.05, 4.69) is 66.0 Å². The van der Waals surface area contributed by atoms with Crippen LogP contribution >= 0.6 is 0 Å². The fraction of sp³-hybridized carbons (Fsp3) is 0.429. The first-order valence-corrected chi connectivity index (χ1v) is 9.37. The van der Waals surface area contributed by atoms with Gasteiger partial charge in [-0.15, -0.1) is 0 Å². The second kappa shape index (κ2) is 10.4. The molecule has 2 rings (SSSR count). The molecular formula is C21H30N4O2. The molecule has 6 heteroatoms. The topological polar surface area (TPSA) is 78.7 Å². The van der Waals surface area contributed by atoms with Gasteiger partial charge in [0.2, 0.25) is 0 Å². The minimum absolute atomic E-state index is 0.127. The van der Waals surface area contributed by atoms with E-state index >= 15 is 0 Å². The van der Waals surface area contributed by atoms with Crippen LogP contribution in [0.5, 0.6) is 0 Å². The van der Waals surface area contributed by atoms with Gasteiger partial charge in [0.25, 0.3) is 5.91 Å². The summed E-state index contributed by atoms with van der Waals surface area (Å²) in [5, 5.41) is 9.36. The predicted molar refractivity (Wildman–Crippen MR) is 109 cm³/mol. The molecular weight excluding hydrogens is 340 g/mol. The van der Waals surface area contributed by atoms with Crippen LogP contribution in [0.2, 0.25) is 0 Å². The number of carbonyl (C=O) groups excluding carboxylic acids is 1. The summed E-state index contributed by atoms with van der Waals surface area (Å²) in [6, 6.07) is 12.1. The molecule has 146 valence electrons. The molecule has 0 aliphatic rings. The van der Waals surface area contributed by atoms with Gasteiger partial charge in [0.15, 0.2) is 11.7 Å². The largest absolute Gasteiger partial charge is 0.459 e. The zero-order valence-electron chi connectivity index (χ0n) is 16.6. The minimum Gasteiger partial charge on any atom is -0.459 e. The number of nitrogens with zero attached hydrogens (tertiary/aromatic N) is 1. The molecule has 1 atom stereocenters. The van der Waals surface area contributed by atoms with Gasteiger partial charge in [-0.25, -0.2) is 0 Å². The van der Waals surface area contributed by atoms with Gasteiger partial charge in [-0.3, -0.25) is 9.79 Å². The number of nitrogens with one attached hydrogen (secondary N) is 3. The van der Waals surface area contributed by atoms with E-state index < -0.39 is 0 Å². The molecule has 3 N–H and O–H groups in total. The van der Waals surface area contributed by atoms with Gasteiger partial charge in [-0.2, -0.15) is 0 Å². The van der Waals surface area contributed by atoms with Crippen LogP contribution in [-0.4, -0.2) is 32.0 Å². The third kappa shape index (κ3) is 6.81. The van der Waals surface area contributed by atoms with E-state index in [4.69, 9.17) is 4.42 Å². The molecule has 0 saturated heterocycles. The van der Waals surface area contributed by atoms with E-state index in [-0.39, 0.29) is 11.9 Å².